The summed E-state index contributed by atoms with van der Waals surface area (Å²) in [6.07, 6.45) is 0. The maximum Gasteiger partial charge on any atom is 0.0881 e. The molecule has 132 valence electrons. The molecule has 0 saturated carbocycles. The molecule has 0 radical (unpaired) electrons. The Balaban J connectivity index is 1.68. The summed E-state index contributed by atoms with van der Waals surface area (Å²) in [5.41, 5.74) is 10.4. The molecule has 2 nitrogen and oxygen atoms in total. The normalized spacial score (nSPS) is 12.4. The predicted octanol–water partition coefficient (Wildman–Crippen LogP) is 6.78. The number of H-pyrrole nitrogens is 1. The molecule has 6 rings (SSSR count). The Labute approximate surface area is 163 Å². The summed E-state index contributed by atoms with van der Waals surface area (Å²) in [6, 6.07) is 30.0. The van der Waals surface area contributed by atoms with E-state index in [0.717, 1.165) is 22.4 Å². The maximum atomic E-state index is 5.21. The monoisotopic (exact) mass is 358 g/mol. The number of hydrogen-bond acceptors (Lipinski definition) is 1. The molecule has 1 aliphatic carbocycles. The van der Waals surface area contributed by atoms with Gasteiger partial charge in [0, 0.05) is 27.4 Å². The molecule has 1 heterocycles. The minimum atomic E-state index is 0.993. The summed E-state index contributed by atoms with van der Waals surface area (Å²) in [7, 11) is 0. The summed E-state index contributed by atoms with van der Waals surface area (Å²) < 4.78 is 0. The molecule has 4 aromatic carbocycles. The van der Waals surface area contributed by atoms with Crippen LogP contribution >= 0.6 is 0 Å². The van der Waals surface area contributed by atoms with Gasteiger partial charge in [0.05, 0.1) is 16.9 Å². The van der Waals surface area contributed by atoms with Crippen molar-refractivity contribution >= 4 is 33.2 Å². The first-order valence-corrected chi connectivity index (χ1v) is 9.58. The molecule has 0 bridgehead atoms. The third kappa shape index (κ3) is 2.12. The zero-order valence-corrected chi connectivity index (χ0v) is 15.5. The Morgan fingerprint density at radius 1 is 0.643 bits per heavy atom. The number of aromatic nitrogens is 1. The van der Waals surface area contributed by atoms with Gasteiger partial charge in [-0.3, -0.25) is 0 Å². The molecule has 0 amide bonds. The maximum absolute atomic E-state index is 5.21. The van der Waals surface area contributed by atoms with Crippen LogP contribution in [0.3, 0.4) is 0 Å². The average molecular weight is 358 g/mol. The van der Waals surface area contributed by atoms with Crippen LogP contribution in [-0.2, 0) is 0 Å². The van der Waals surface area contributed by atoms with E-state index in [2.05, 4.69) is 96.8 Å². The number of aryl methyl sites for hydroxylation is 1. The SMILES string of the molecule is Cc1cc(N=C2c3ccccc3-c3ccccc32)c2[nH]c3ccccc3c2c1. The molecule has 5 aromatic rings. The fraction of sp³-hybridized carbons (Fsp3) is 0.0385. The van der Waals surface area contributed by atoms with Crippen molar-refractivity contribution < 1.29 is 0 Å². The lowest BCUT2D eigenvalue weighted by Gasteiger charge is -2.05. The molecular formula is C26H18N2. The lowest BCUT2D eigenvalue weighted by Crippen LogP contribution is -1.97. The molecule has 0 aliphatic heterocycles. The van der Waals surface area contributed by atoms with E-state index in [1.54, 1.807) is 0 Å². The number of rotatable bonds is 1. The second-order valence-corrected chi connectivity index (χ2v) is 7.43. The van der Waals surface area contributed by atoms with Crippen molar-refractivity contribution in [1.82, 2.24) is 4.98 Å². The first kappa shape index (κ1) is 15.4. The second kappa shape index (κ2) is 5.67. The number of para-hydroxylation sites is 1. The Hall–Kier alpha value is -3.65. The molecule has 0 unspecified atom stereocenters. The molecule has 1 aromatic heterocycles. The summed E-state index contributed by atoms with van der Waals surface area (Å²) in [4.78, 5) is 8.80. The van der Waals surface area contributed by atoms with Gasteiger partial charge < -0.3 is 4.98 Å². The topological polar surface area (TPSA) is 28.1 Å². The lowest BCUT2D eigenvalue weighted by molar-refractivity contribution is 1.43. The van der Waals surface area contributed by atoms with Crippen LogP contribution in [-0.4, -0.2) is 10.7 Å². The van der Waals surface area contributed by atoms with Crippen LogP contribution in [0.1, 0.15) is 16.7 Å². The highest BCUT2D eigenvalue weighted by Gasteiger charge is 2.24. The third-order valence-electron chi connectivity index (χ3n) is 5.63. The number of hydrogen-bond donors (Lipinski definition) is 1. The van der Waals surface area contributed by atoms with E-state index in [9.17, 15) is 0 Å². The van der Waals surface area contributed by atoms with Crippen LogP contribution in [0, 0.1) is 6.92 Å². The molecule has 1 N–H and O–H groups in total. The fourth-order valence-corrected chi connectivity index (χ4v) is 4.40. The molecule has 2 heteroatoms. The molecule has 28 heavy (non-hydrogen) atoms. The van der Waals surface area contributed by atoms with Crippen molar-refractivity contribution in [3.8, 4) is 11.1 Å². The molecule has 1 aliphatic rings. The van der Waals surface area contributed by atoms with Crippen LogP contribution in [0.4, 0.5) is 5.69 Å². The van der Waals surface area contributed by atoms with Crippen molar-refractivity contribution in [2.75, 3.05) is 0 Å². The van der Waals surface area contributed by atoms with Crippen molar-refractivity contribution in [2.24, 2.45) is 4.99 Å². The van der Waals surface area contributed by atoms with Crippen molar-refractivity contribution in [1.29, 1.82) is 0 Å². The van der Waals surface area contributed by atoms with Crippen LogP contribution in [0.15, 0.2) is 89.9 Å². The van der Waals surface area contributed by atoms with Gasteiger partial charge in [0.1, 0.15) is 0 Å². The zero-order valence-electron chi connectivity index (χ0n) is 15.5. The number of aromatic amines is 1. The third-order valence-corrected chi connectivity index (χ3v) is 5.63. The largest absolute Gasteiger partial charge is 0.353 e. The Morgan fingerprint density at radius 3 is 1.96 bits per heavy atom. The van der Waals surface area contributed by atoms with Crippen molar-refractivity contribution in [2.45, 2.75) is 6.92 Å². The van der Waals surface area contributed by atoms with E-state index in [0.29, 0.717) is 0 Å². The number of fused-ring (bicyclic) bond motifs is 6. The standard InChI is InChI=1S/C26H18N2/c1-16-14-22-19-10-6-7-13-23(19)27-26(22)24(15-16)28-25-20-11-4-2-8-17(20)18-9-3-5-12-21(18)25/h2-15,27H,1H3. The van der Waals surface area contributed by atoms with Crippen molar-refractivity contribution in [3.05, 3.63) is 102 Å². The molecule has 0 fully saturated rings. The Morgan fingerprint density at radius 2 is 1.25 bits per heavy atom. The highest BCUT2D eigenvalue weighted by atomic mass is 14.8. The van der Waals surface area contributed by atoms with Crippen molar-refractivity contribution in [3.63, 3.8) is 0 Å². The Kier molecular flexibility index (Phi) is 3.12. The number of benzene rings is 4. The minimum absolute atomic E-state index is 0.993. The quantitative estimate of drug-likeness (QED) is 0.336. The molecular weight excluding hydrogens is 340 g/mol. The number of aliphatic imine (C=N–C) groups is 1. The first-order chi connectivity index (χ1) is 13.8. The summed E-state index contributed by atoms with van der Waals surface area (Å²) in [5, 5.41) is 2.48. The van der Waals surface area contributed by atoms with E-state index in [1.807, 2.05) is 0 Å². The summed E-state index contributed by atoms with van der Waals surface area (Å²) in [6.45, 7) is 2.14. The first-order valence-electron chi connectivity index (χ1n) is 9.58. The predicted molar refractivity (Wildman–Crippen MR) is 118 cm³/mol. The summed E-state index contributed by atoms with van der Waals surface area (Å²) in [5.74, 6) is 0. The second-order valence-electron chi connectivity index (χ2n) is 7.43. The van der Waals surface area contributed by atoms with E-state index in [1.165, 1.54) is 38.6 Å². The van der Waals surface area contributed by atoms with E-state index in [-0.39, 0.29) is 0 Å². The van der Waals surface area contributed by atoms with E-state index in [4.69, 9.17) is 4.99 Å². The van der Waals surface area contributed by atoms with Gasteiger partial charge in [0.25, 0.3) is 0 Å². The lowest BCUT2D eigenvalue weighted by atomic mass is 10.1. The van der Waals surface area contributed by atoms with Crippen LogP contribution in [0.2, 0.25) is 0 Å². The van der Waals surface area contributed by atoms with Crippen LogP contribution < -0.4 is 0 Å². The van der Waals surface area contributed by atoms with Gasteiger partial charge >= 0.3 is 0 Å². The number of nitrogens with zero attached hydrogens (tertiary/aromatic N) is 1. The minimum Gasteiger partial charge on any atom is -0.353 e. The van der Waals surface area contributed by atoms with Gasteiger partial charge in [-0.05, 0) is 41.8 Å². The van der Waals surface area contributed by atoms with E-state index < -0.39 is 0 Å². The van der Waals surface area contributed by atoms with Gasteiger partial charge in [-0.1, -0.05) is 66.7 Å². The molecule has 0 spiro atoms. The zero-order chi connectivity index (χ0) is 18.7. The van der Waals surface area contributed by atoms with Crippen LogP contribution in [0.25, 0.3) is 32.9 Å². The number of nitrogens with one attached hydrogen (secondary N) is 1. The summed E-state index contributed by atoms with van der Waals surface area (Å²) >= 11 is 0. The highest BCUT2D eigenvalue weighted by Crippen LogP contribution is 2.39. The van der Waals surface area contributed by atoms with Gasteiger partial charge in [-0.15, -0.1) is 0 Å². The van der Waals surface area contributed by atoms with Gasteiger partial charge in [-0.25, -0.2) is 4.99 Å². The van der Waals surface area contributed by atoms with E-state index >= 15 is 0 Å². The highest BCUT2D eigenvalue weighted by molar-refractivity contribution is 6.25. The molecule has 0 saturated heterocycles. The van der Waals surface area contributed by atoms with Gasteiger partial charge in [0.15, 0.2) is 0 Å². The van der Waals surface area contributed by atoms with Gasteiger partial charge in [0.2, 0.25) is 0 Å². The average Bonchev–Trinajstić information content (AvgIpc) is 3.25. The Bertz CT molecular complexity index is 1370. The van der Waals surface area contributed by atoms with Crippen LogP contribution in [0.5, 0.6) is 0 Å². The smallest absolute Gasteiger partial charge is 0.0881 e. The molecule has 0 atom stereocenters. The van der Waals surface area contributed by atoms with Gasteiger partial charge in [-0.2, -0.15) is 0 Å². The fourth-order valence-electron chi connectivity index (χ4n) is 4.40.